The molecule has 0 aliphatic carbocycles. The molecule has 0 aliphatic rings. The van der Waals surface area contributed by atoms with Crippen molar-refractivity contribution in [3.63, 3.8) is 0 Å². The topological polar surface area (TPSA) is 48.1 Å². The van der Waals surface area contributed by atoms with E-state index < -0.39 is 25.0 Å². The Morgan fingerprint density at radius 3 is 2.71 bits per heavy atom. The van der Waals surface area contributed by atoms with Crippen LogP contribution in [-0.4, -0.2) is 30.5 Å². The second-order valence-corrected chi connectivity index (χ2v) is 4.64. The van der Waals surface area contributed by atoms with E-state index in [-0.39, 0.29) is 6.61 Å². The highest BCUT2D eigenvalue weighted by molar-refractivity contribution is 5.78. The van der Waals surface area contributed by atoms with E-state index in [1.165, 1.54) is 0 Å². The van der Waals surface area contributed by atoms with Crippen molar-refractivity contribution >= 4 is 10.9 Å². The van der Waals surface area contributed by atoms with Gasteiger partial charge >= 0.3 is 12.3 Å². The monoisotopic (exact) mass is 302 g/mol. The Hall–Kier alpha value is -1.73. The Kier molecular flexibility index (Phi) is 4.74. The van der Waals surface area contributed by atoms with E-state index in [0.717, 1.165) is 5.39 Å². The molecule has 0 fully saturated rings. The second-order valence-electron chi connectivity index (χ2n) is 4.64. The maximum absolute atomic E-state index is 12.7. The van der Waals surface area contributed by atoms with E-state index in [1.807, 2.05) is 6.07 Å². The smallest absolute Gasteiger partial charge is 0.330 e. The zero-order chi connectivity index (χ0) is 15.5. The molecule has 1 heterocycles. The van der Waals surface area contributed by atoms with E-state index in [4.69, 9.17) is 5.73 Å². The van der Waals surface area contributed by atoms with Crippen LogP contribution in [0.3, 0.4) is 0 Å². The van der Waals surface area contributed by atoms with Crippen LogP contribution in [0.15, 0.2) is 36.5 Å². The van der Waals surface area contributed by atoms with Gasteiger partial charge in [0.25, 0.3) is 0 Å². The SMILES string of the molecule is NC(COCC(F)(F)C(F)F)c1ccc2cccnc2c1. The Morgan fingerprint density at radius 1 is 1.24 bits per heavy atom. The van der Waals surface area contributed by atoms with Gasteiger partial charge in [-0.2, -0.15) is 8.78 Å². The molecule has 7 heteroatoms. The van der Waals surface area contributed by atoms with Crippen LogP contribution in [0.1, 0.15) is 11.6 Å². The van der Waals surface area contributed by atoms with E-state index in [9.17, 15) is 17.6 Å². The van der Waals surface area contributed by atoms with Crippen LogP contribution in [-0.2, 0) is 4.74 Å². The Morgan fingerprint density at radius 2 is 2.00 bits per heavy atom. The molecule has 0 saturated carbocycles. The predicted octanol–water partition coefficient (Wildman–Crippen LogP) is 3.15. The first-order valence-corrected chi connectivity index (χ1v) is 6.24. The molecule has 2 rings (SSSR count). The van der Waals surface area contributed by atoms with Crippen LogP contribution in [0, 0.1) is 0 Å². The number of halogens is 4. The van der Waals surface area contributed by atoms with Crippen LogP contribution in [0.2, 0.25) is 0 Å². The number of hydrogen-bond acceptors (Lipinski definition) is 3. The van der Waals surface area contributed by atoms with Gasteiger partial charge in [-0.3, -0.25) is 4.98 Å². The van der Waals surface area contributed by atoms with Gasteiger partial charge in [-0.1, -0.05) is 18.2 Å². The molecule has 114 valence electrons. The van der Waals surface area contributed by atoms with E-state index >= 15 is 0 Å². The Balaban J connectivity index is 1.97. The molecular weight excluding hydrogens is 288 g/mol. The molecule has 1 unspecified atom stereocenters. The molecule has 0 saturated heterocycles. The lowest BCUT2D eigenvalue weighted by Crippen LogP contribution is -2.33. The fraction of sp³-hybridized carbons (Fsp3) is 0.357. The van der Waals surface area contributed by atoms with E-state index in [0.29, 0.717) is 11.1 Å². The third-order valence-corrected chi connectivity index (χ3v) is 2.97. The number of fused-ring (bicyclic) bond motifs is 1. The van der Waals surface area contributed by atoms with Crippen LogP contribution < -0.4 is 5.73 Å². The largest absolute Gasteiger partial charge is 0.373 e. The lowest BCUT2D eigenvalue weighted by Gasteiger charge is -2.18. The predicted molar refractivity (Wildman–Crippen MR) is 70.4 cm³/mol. The van der Waals surface area contributed by atoms with E-state index in [1.54, 1.807) is 30.5 Å². The van der Waals surface area contributed by atoms with E-state index in [2.05, 4.69) is 9.72 Å². The summed E-state index contributed by atoms with van der Waals surface area (Å²) < 4.78 is 53.9. The van der Waals surface area contributed by atoms with Gasteiger partial charge in [0.1, 0.15) is 6.61 Å². The number of rotatable bonds is 6. The number of alkyl halides is 4. The molecule has 1 aromatic carbocycles. The van der Waals surface area contributed by atoms with Gasteiger partial charge in [0.05, 0.1) is 18.2 Å². The maximum Gasteiger partial charge on any atom is 0.330 e. The van der Waals surface area contributed by atoms with Crippen molar-refractivity contribution in [2.45, 2.75) is 18.4 Å². The summed E-state index contributed by atoms with van der Waals surface area (Å²) in [6.07, 6.45) is -2.13. The molecule has 2 aromatic rings. The summed E-state index contributed by atoms with van der Waals surface area (Å²) in [4.78, 5) is 4.15. The number of nitrogens with two attached hydrogens (primary N) is 1. The molecule has 0 radical (unpaired) electrons. The average Bonchev–Trinajstić information content (AvgIpc) is 2.46. The fourth-order valence-corrected chi connectivity index (χ4v) is 1.80. The van der Waals surface area contributed by atoms with Crippen LogP contribution >= 0.6 is 0 Å². The third-order valence-electron chi connectivity index (χ3n) is 2.97. The minimum atomic E-state index is -4.16. The first-order chi connectivity index (χ1) is 9.90. The zero-order valence-electron chi connectivity index (χ0n) is 11.0. The number of nitrogens with zero attached hydrogens (tertiary/aromatic N) is 1. The highest BCUT2D eigenvalue weighted by Crippen LogP contribution is 2.24. The summed E-state index contributed by atoms with van der Waals surface area (Å²) in [5, 5.41) is 0.915. The summed E-state index contributed by atoms with van der Waals surface area (Å²) in [5.74, 6) is -4.16. The molecule has 2 N–H and O–H groups in total. The summed E-state index contributed by atoms with van der Waals surface area (Å²) in [5.41, 5.74) is 7.16. The van der Waals surface area contributed by atoms with Crippen molar-refractivity contribution in [3.05, 3.63) is 42.1 Å². The van der Waals surface area contributed by atoms with Gasteiger partial charge in [-0.15, -0.1) is 0 Å². The van der Waals surface area contributed by atoms with Crippen molar-refractivity contribution in [2.75, 3.05) is 13.2 Å². The number of hydrogen-bond donors (Lipinski definition) is 1. The molecule has 0 spiro atoms. The minimum absolute atomic E-state index is 0.277. The first-order valence-electron chi connectivity index (χ1n) is 6.24. The van der Waals surface area contributed by atoms with Gasteiger partial charge in [-0.25, -0.2) is 8.78 Å². The van der Waals surface area contributed by atoms with Crippen LogP contribution in [0.5, 0.6) is 0 Å². The van der Waals surface area contributed by atoms with Crippen molar-refractivity contribution < 1.29 is 22.3 Å². The number of pyridine rings is 1. The summed E-state index contributed by atoms with van der Waals surface area (Å²) in [7, 11) is 0. The van der Waals surface area contributed by atoms with Gasteiger partial charge in [0, 0.05) is 11.6 Å². The van der Waals surface area contributed by atoms with Gasteiger partial charge < -0.3 is 10.5 Å². The third kappa shape index (κ3) is 3.89. The summed E-state index contributed by atoms with van der Waals surface area (Å²) in [6, 6.07) is 8.21. The lowest BCUT2D eigenvalue weighted by atomic mass is 10.1. The van der Waals surface area contributed by atoms with Gasteiger partial charge in [0.15, 0.2) is 0 Å². The molecule has 0 amide bonds. The Labute approximate surface area is 118 Å². The van der Waals surface area contributed by atoms with Crippen molar-refractivity contribution in [1.29, 1.82) is 0 Å². The first kappa shape index (κ1) is 15.7. The fourth-order valence-electron chi connectivity index (χ4n) is 1.80. The molecular formula is C14H14F4N2O. The highest BCUT2D eigenvalue weighted by Gasteiger charge is 2.41. The zero-order valence-corrected chi connectivity index (χ0v) is 11.0. The lowest BCUT2D eigenvalue weighted by molar-refractivity contribution is -0.166. The standard InChI is InChI=1S/C14H14F4N2O/c15-13(16)14(17,18)8-21-7-11(19)10-4-3-9-2-1-5-20-12(9)6-10/h1-6,11,13H,7-8,19H2. The highest BCUT2D eigenvalue weighted by atomic mass is 19.3. The molecule has 21 heavy (non-hydrogen) atoms. The quantitative estimate of drug-likeness (QED) is 0.834. The number of aromatic nitrogens is 1. The molecule has 0 aliphatic heterocycles. The van der Waals surface area contributed by atoms with Crippen molar-refractivity contribution in [1.82, 2.24) is 4.98 Å². The number of benzene rings is 1. The van der Waals surface area contributed by atoms with Gasteiger partial charge in [-0.05, 0) is 17.7 Å². The second kappa shape index (κ2) is 6.36. The molecule has 1 aromatic heterocycles. The van der Waals surface area contributed by atoms with Crippen molar-refractivity contribution in [3.8, 4) is 0 Å². The molecule has 0 bridgehead atoms. The van der Waals surface area contributed by atoms with Crippen molar-refractivity contribution in [2.24, 2.45) is 5.73 Å². The summed E-state index contributed by atoms with van der Waals surface area (Å²) >= 11 is 0. The normalized spacial score (nSPS) is 13.8. The molecule has 3 nitrogen and oxygen atoms in total. The van der Waals surface area contributed by atoms with Crippen LogP contribution in [0.4, 0.5) is 17.6 Å². The maximum atomic E-state index is 12.7. The van der Waals surface area contributed by atoms with Crippen LogP contribution in [0.25, 0.3) is 10.9 Å². The number of ether oxygens (including phenoxy) is 1. The summed E-state index contributed by atoms with van der Waals surface area (Å²) in [6.45, 7) is -1.63. The molecule has 1 atom stereocenters. The average molecular weight is 302 g/mol. The minimum Gasteiger partial charge on any atom is -0.373 e. The van der Waals surface area contributed by atoms with Gasteiger partial charge in [0.2, 0.25) is 0 Å². The Bertz CT molecular complexity index is 606.